The smallest absolute Gasteiger partial charge is 0.0972 e. The molecule has 0 bridgehead atoms. The summed E-state index contributed by atoms with van der Waals surface area (Å²) in [5.41, 5.74) is 8.03. The standard InChI is InChI=1S/C32H20N4/c1-2-8-27-26(7-1)25(23-12-15-29(35-20-23)24-6-3-17-33-19-24)13-14-28(27)30-16-11-22-10-9-21-5-4-18-34-31(21)32(22)36-30/h1-20H. The van der Waals surface area contributed by atoms with Gasteiger partial charge in [-0.25, -0.2) is 4.98 Å². The van der Waals surface area contributed by atoms with Crippen molar-refractivity contribution in [2.75, 3.05) is 0 Å². The maximum absolute atomic E-state index is 5.09. The summed E-state index contributed by atoms with van der Waals surface area (Å²) in [5, 5.41) is 4.51. The Morgan fingerprint density at radius 2 is 1.19 bits per heavy atom. The quantitative estimate of drug-likeness (QED) is 0.253. The Bertz CT molecular complexity index is 1880. The fourth-order valence-corrected chi connectivity index (χ4v) is 4.89. The summed E-state index contributed by atoms with van der Waals surface area (Å²) < 4.78 is 0. The van der Waals surface area contributed by atoms with E-state index in [9.17, 15) is 0 Å². The van der Waals surface area contributed by atoms with Crippen LogP contribution < -0.4 is 0 Å². The van der Waals surface area contributed by atoms with E-state index in [-0.39, 0.29) is 0 Å². The van der Waals surface area contributed by atoms with Gasteiger partial charge < -0.3 is 0 Å². The molecule has 0 saturated carbocycles. The van der Waals surface area contributed by atoms with Crippen LogP contribution in [0.5, 0.6) is 0 Å². The average molecular weight is 461 g/mol. The lowest BCUT2D eigenvalue weighted by atomic mass is 9.94. The average Bonchev–Trinajstić information content (AvgIpc) is 2.97. The first-order chi connectivity index (χ1) is 17.8. The second-order valence-electron chi connectivity index (χ2n) is 8.79. The van der Waals surface area contributed by atoms with E-state index in [4.69, 9.17) is 9.97 Å². The normalized spacial score (nSPS) is 11.3. The number of benzene rings is 3. The molecule has 168 valence electrons. The Morgan fingerprint density at radius 1 is 0.444 bits per heavy atom. The molecular weight excluding hydrogens is 440 g/mol. The number of nitrogens with zero attached hydrogens (tertiary/aromatic N) is 4. The molecule has 0 N–H and O–H groups in total. The Balaban J connectivity index is 1.37. The number of rotatable bonds is 3. The fourth-order valence-electron chi connectivity index (χ4n) is 4.89. The summed E-state index contributed by atoms with van der Waals surface area (Å²) in [6.45, 7) is 0. The number of hydrogen-bond acceptors (Lipinski definition) is 4. The largest absolute Gasteiger partial charge is 0.264 e. The highest BCUT2D eigenvalue weighted by Gasteiger charge is 2.12. The molecule has 7 rings (SSSR count). The monoisotopic (exact) mass is 460 g/mol. The third-order valence-corrected chi connectivity index (χ3v) is 6.66. The molecule has 4 aromatic heterocycles. The number of hydrogen-bond donors (Lipinski definition) is 0. The first kappa shape index (κ1) is 20.4. The molecule has 4 nitrogen and oxygen atoms in total. The molecule has 3 aromatic carbocycles. The van der Waals surface area contributed by atoms with Gasteiger partial charge in [0.05, 0.1) is 22.4 Å². The molecule has 0 spiro atoms. The topological polar surface area (TPSA) is 51.6 Å². The van der Waals surface area contributed by atoms with Crippen LogP contribution in [0.4, 0.5) is 0 Å². The second-order valence-corrected chi connectivity index (χ2v) is 8.79. The highest BCUT2D eigenvalue weighted by molar-refractivity contribution is 6.07. The van der Waals surface area contributed by atoms with Crippen LogP contribution in [0.25, 0.3) is 66.2 Å². The third-order valence-electron chi connectivity index (χ3n) is 6.66. The minimum absolute atomic E-state index is 0.911. The molecule has 0 atom stereocenters. The Kier molecular flexibility index (Phi) is 4.74. The molecule has 0 fully saturated rings. The van der Waals surface area contributed by atoms with Crippen molar-refractivity contribution in [3.05, 3.63) is 122 Å². The lowest BCUT2D eigenvalue weighted by molar-refractivity contribution is 1.28. The summed E-state index contributed by atoms with van der Waals surface area (Å²) >= 11 is 0. The molecule has 4 heterocycles. The van der Waals surface area contributed by atoms with Gasteiger partial charge in [-0.05, 0) is 46.7 Å². The zero-order chi connectivity index (χ0) is 23.9. The van der Waals surface area contributed by atoms with Gasteiger partial charge in [-0.2, -0.15) is 0 Å². The van der Waals surface area contributed by atoms with E-state index in [1.807, 2.05) is 36.8 Å². The van der Waals surface area contributed by atoms with Crippen molar-refractivity contribution in [1.82, 2.24) is 19.9 Å². The van der Waals surface area contributed by atoms with Gasteiger partial charge in [0.15, 0.2) is 0 Å². The van der Waals surface area contributed by atoms with E-state index in [1.165, 1.54) is 5.39 Å². The summed E-state index contributed by atoms with van der Waals surface area (Å²) in [5.74, 6) is 0. The molecule has 0 saturated heterocycles. The second kappa shape index (κ2) is 8.36. The fraction of sp³-hybridized carbons (Fsp3) is 0. The van der Waals surface area contributed by atoms with Crippen molar-refractivity contribution in [2.24, 2.45) is 0 Å². The molecule has 0 unspecified atom stereocenters. The van der Waals surface area contributed by atoms with E-state index in [1.54, 1.807) is 6.20 Å². The summed E-state index contributed by atoms with van der Waals surface area (Å²) in [4.78, 5) is 18.6. The van der Waals surface area contributed by atoms with Crippen LogP contribution in [-0.2, 0) is 0 Å². The van der Waals surface area contributed by atoms with Crippen LogP contribution in [0.1, 0.15) is 0 Å². The van der Waals surface area contributed by atoms with Crippen molar-refractivity contribution >= 4 is 32.6 Å². The van der Waals surface area contributed by atoms with Crippen LogP contribution in [0.3, 0.4) is 0 Å². The lowest BCUT2D eigenvalue weighted by Gasteiger charge is -2.13. The first-order valence-electron chi connectivity index (χ1n) is 11.9. The maximum atomic E-state index is 5.09. The minimum atomic E-state index is 0.911. The highest BCUT2D eigenvalue weighted by Crippen LogP contribution is 2.36. The molecular formula is C32H20N4. The Labute approximate surface area is 208 Å². The predicted molar refractivity (Wildman–Crippen MR) is 146 cm³/mol. The Hall–Kier alpha value is -4.96. The lowest BCUT2D eigenvalue weighted by Crippen LogP contribution is -1.91. The van der Waals surface area contributed by atoms with Crippen LogP contribution in [0.2, 0.25) is 0 Å². The van der Waals surface area contributed by atoms with Crippen molar-refractivity contribution in [2.45, 2.75) is 0 Å². The Morgan fingerprint density at radius 3 is 2.00 bits per heavy atom. The van der Waals surface area contributed by atoms with E-state index >= 15 is 0 Å². The molecule has 0 aliphatic carbocycles. The van der Waals surface area contributed by atoms with Gasteiger partial charge in [-0.15, -0.1) is 0 Å². The minimum Gasteiger partial charge on any atom is -0.264 e. The van der Waals surface area contributed by atoms with E-state index in [0.29, 0.717) is 0 Å². The van der Waals surface area contributed by atoms with Crippen LogP contribution in [0, 0.1) is 0 Å². The van der Waals surface area contributed by atoms with Gasteiger partial charge in [0.2, 0.25) is 0 Å². The molecule has 36 heavy (non-hydrogen) atoms. The van der Waals surface area contributed by atoms with Gasteiger partial charge in [0.25, 0.3) is 0 Å². The van der Waals surface area contributed by atoms with Crippen LogP contribution in [0.15, 0.2) is 122 Å². The maximum Gasteiger partial charge on any atom is 0.0972 e. The van der Waals surface area contributed by atoms with Crippen molar-refractivity contribution in [1.29, 1.82) is 0 Å². The number of pyridine rings is 4. The van der Waals surface area contributed by atoms with Gasteiger partial charge >= 0.3 is 0 Å². The van der Waals surface area contributed by atoms with E-state index in [2.05, 4.69) is 88.8 Å². The molecule has 0 radical (unpaired) electrons. The van der Waals surface area contributed by atoms with Gasteiger partial charge in [-0.3, -0.25) is 15.0 Å². The van der Waals surface area contributed by atoms with Crippen molar-refractivity contribution in [3.63, 3.8) is 0 Å². The molecule has 0 amide bonds. The SMILES string of the molecule is c1cncc(-c2ccc(-c3ccc(-c4ccc5ccc6cccnc6c5n4)c4ccccc34)cn2)c1. The van der Waals surface area contributed by atoms with E-state index < -0.39 is 0 Å². The summed E-state index contributed by atoms with van der Waals surface area (Å²) in [6.07, 6.45) is 7.38. The zero-order valence-electron chi connectivity index (χ0n) is 19.3. The summed E-state index contributed by atoms with van der Waals surface area (Å²) in [6, 6.07) is 33.4. The zero-order valence-corrected chi connectivity index (χ0v) is 19.3. The molecule has 0 aliphatic rings. The molecule has 4 heteroatoms. The third kappa shape index (κ3) is 3.39. The van der Waals surface area contributed by atoms with Crippen molar-refractivity contribution in [3.8, 4) is 33.6 Å². The van der Waals surface area contributed by atoms with Gasteiger partial charge in [0, 0.05) is 52.3 Å². The summed E-state index contributed by atoms with van der Waals surface area (Å²) in [7, 11) is 0. The van der Waals surface area contributed by atoms with Crippen LogP contribution >= 0.6 is 0 Å². The van der Waals surface area contributed by atoms with Crippen LogP contribution in [-0.4, -0.2) is 19.9 Å². The van der Waals surface area contributed by atoms with Gasteiger partial charge in [-0.1, -0.05) is 66.7 Å². The first-order valence-corrected chi connectivity index (χ1v) is 11.9. The number of aromatic nitrogens is 4. The highest BCUT2D eigenvalue weighted by atomic mass is 14.8. The molecule has 7 aromatic rings. The van der Waals surface area contributed by atoms with Gasteiger partial charge in [0.1, 0.15) is 0 Å². The number of fused-ring (bicyclic) bond motifs is 4. The van der Waals surface area contributed by atoms with Crippen molar-refractivity contribution < 1.29 is 0 Å². The molecule has 0 aliphatic heterocycles. The van der Waals surface area contributed by atoms with E-state index in [0.717, 1.165) is 60.8 Å². The predicted octanol–water partition coefficient (Wildman–Crippen LogP) is 7.73.